The SMILES string of the molecule is Cn1cc(-c2cc(C(=O)N3CCC(c4ncccc4S(C)(=O)=O)CC3)on2)cn1. The molecule has 4 rings (SSSR count). The smallest absolute Gasteiger partial charge is 0.292 e. The molecule has 1 aliphatic rings. The van der Waals surface area contributed by atoms with Gasteiger partial charge in [0.05, 0.1) is 16.8 Å². The van der Waals surface area contributed by atoms with Crippen LogP contribution in [0.1, 0.15) is 35.0 Å². The van der Waals surface area contributed by atoms with Gasteiger partial charge >= 0.3 is 0 Å². The molecule has 0 aliphatic carbocycles. The van der Waals surface area contributed by atoms with Crippen LogP contribution < -0.4 is 0 Å². The minimum absolute atomic E-state index is 0.00865. The van der Waals surface area contributed by atoms with Gasteiger partial charge in [0.2, 0.25) is 5.76 Å². The van der Waals surface area contributed by atoms with Gasteiger partial charge in [-0.1, -0.05) is 5.16 Å². The number of aromatic nitrogens is 4. The lowest BCUT2D eigenvalue weighted by atomic mass is 9.93. The first kappa shape index (κ1) is 19.3. The number of hydrogen-bond acceptors (Lipinski definition) is 7. The van der Waals surface area contributed by atoms with Crippen LogP contribution in [0.5, 0.6) is 0 Å². The number of nitrogens with zero attached hydrogens (tertiary/aromatic N) is 5. The maximum atomic E-state index is 12.8. The number of piperidine rings is 1. The molecule has 0 saturated carbocycles. The van der Waals surface area contributed by atoms with Gasteiger partial charge in [-0.25, -0.2) is 8.42 Å². The lowest BCUT2D eigenvalue weighted by Crippen LogP contribution is -2.38. The average Bonchev–Trinajstić information content (AvgIpc) is 3.36. The van der Waals surface area contributed by atoms with Crippen molar-refractivity contribution in [2.24, 2.45) is 7.05 Å². The van der Waals surface area contributed by atoms with E-state index in [1.807, 2.05) is 0 Å². The summed E-state index contributed by atoms with van der Waals surface area (Å²) < 4.78 is 31.0. The summed E-state index contributed by atoms with van der Waals surface area (Å²) in [6.07, 6.45) is 7.52. The third kappa shape index (κ3) is 3.93. The minimum atomic E-state index is -3.35. The molecular formula is C19H21N5O4S. The first-order valence-electron chi connectivity index (χ1n) is 9.23. The van der Waals surface area contributed by atoms with Crippen LogP contribution in [-0.4, -0.2) is 58.5 Å². The molecule has 3 aromatic heterocycles. The van der Waals surface area contributed by atoms with Crippen molar-refractivity contribution in [3.05, 3.63) is 48.2 Å². The number of likely N-dealkylation sites (tertiary alicyclic amines) is 1. The van der Waals surface area contributed by atoms with Crippen molar-refractivity contribution >= 4 is 15.7 Å². The Morgan fingerprint density at radius 3 is 2.69 bits per heavy atom. The van der Waals surface area contributed by atoms with Crippen molar-refractivity contribution in [2.75, 3.05) is 19.3 Å². The minimum Gasteiger partial charge on any atom is -0.350 e. The fraction of sp³-hybridized carbons (Fsp3) is 0.368. The van der Waals surface area contributed by atoms with Crippen LogP contribution in [0.3, 0.4) is 0 Å². The maximum absolute atomic E-state index is 12.8. The highest BCUT2D eigenvalue weighted by molar-refractivity contribution is 7.90. The van der Waals surface area contributed by atoms with Gasteiger partial charge < -0.3 is 9.42 Å². The predicted molar refractivity (Wildman–Crippen MR) is 104 cm³/mol. The summed E-state index contributed by atoms with van der Waals surface area (Å²) in [4.78, 5) is 19.1. The lowest BCUT2D eigenvalue weighted by Gasteiger charge is -2.31. The van der Waals surface area contributed by atoms with E-state index in [0.717, 1.165) is 5.56 Å². The number of aryl methyl sites for hydroxylation is 1. The summed E-state index contributed by atoms with van der Waals surface area (Å²) >= 11 is 0. The van der Waals surface area contributed by atoms with Gasteiger partial charge in [0.25, 0.3) is 5.91 Å². The normalized spacial score (nSPS) is 15.6. The van der Waals surface area contributed by atoms with Gasteiger partial charge in [-0.2, -0.15) is 5.10 Å². The van der Waals surface area contributed by atoms with Gasteiger partial charge in [0.1, 0.15) is 5.69 Å². The second kappa shape index (κ2) is 7.43. The molecule has 0 atom stereocenters. The van der Waals surface area contributed by atoms with Crippen molar-refractivity contribution in [3.63, 3.8) is 0 Å². The highest BCUT2D eigenvalue weighted by Crippen LogP contribution is 2.31. The van der Waals surface area contributed by atoms with E-state index in [0.29, 0.717) is 37.3 Å². The maximum Gasteiger partial charge on any atom is 0.292 e. The van der Waals surface area contributed by atoms with E-state index < -0.39 is 9.84 Å². The standard InChI is InChI=1S/C19H21N5O4S/c1-23-12-14(11-21-23)15-10-16(28-22-15)19(25)24-8-5-13(6-9-24)18-17(29(2,26)27)4-3-7-20-18/h3-4,7,10-13H,5-6,8-9H2,1-2H3. The molecule has 0 aromatic carbocycles. The molecule has 152 valence electrons. The fourth-order valence-electron chi connectivity index (χ4n) is 3.60. The summed E-state index contributed by atoms with van der Waals surface area (Å²) in [5, 5.41) is 8.05. The Kier molecular flexibility index (Phi) is 4.95. The van der Waals surface area contributed by atoms with Crippen LogP contribution in [-0.2, 0) is 16.9 Å². The number of carbonyl (C=O) groups excluding carboxylic acids is 1. The van der Waals surface area contributed by atoms with Crippen LogP contribution in [0.25, 0.3) is 11.3 Å². The van der Waals surface area contributed by atoms with Crippen molar-refractivity contribution in [1.29, 1.82) is 0 Å². The first-order valence-corrected chi connectivity index (χ1v) is 11.1. The summed E-state index contributed by atoms with van der Waals surface area (Å²) in [7, 11) is -1.55. The van der Waals surface area contributed by atoms with E-state index in [4.69, 9.17) is 4.52 Å². The molecule has 1 saturated heterocycles. The molecule has 0 N–H and O–H groups in total. The number of amides is 1. The van der Waals surface area contributed by atoms with Gasteiger partial charge in [0, 0.05) is 56.3 Å². The molecule has 4 heterocycles. The zero-order valence-corrected chi connectivity index (χ0v) is 17.0. The number of rotatable bonds is 4. The number of pyridine rings is 1. The average molecular weight is 415 g/mol. The van der Waals surface area contributed by atoms with Crippen LogP contribution >= 0.6 is 0 Å². The third-order valence-corrected chi connectivity index (χ3v) is 6.23. The summed E-state index contributed by atoms with van der Waals surface area (Å²) in [5.74, 6) is -0.0573. The van der Waals surface area contributed by atoms with Crippen LogP contribution in [0, 0.1) is 0 Å². The topological polar surface area (TPSA) is 111 Å². The second-order valence-electron chi connectivity index (χ2n) is 7.20. The third-order valence-electron chi connectivity index (χ3n) is 5.09. The Labute approximate surface area is 168 Å². The van der Waals surface area contributed by atoms with Crippen molar-refractivity contribution in [1.82, 2.24) is 24.8 Å². The molecule has 1 aliphatic heterocycles. The summed E-state index contributed by atoms with van der Waals surface area (Å²) in [6, 6.07) is 4.83. The van der Waals surface area contributed by atoms with E-state index >= 15 is 0 Å². The van der Waals surface area contributed by atoms with Crippen molar-refractivity contribution < 1.29 is 17.7 Å². The van der Waals surface area contributed by atoms with E-state index in [2.05, 4.69) is 15.2 Å². The van der Waals surface area contributed by atoms with E-state index in [9.17, 15) is 13.2 Å². The lowest BCUT2D eigenvalue weighted by molar-refractivity contribution is 0.0669. The molecule has 0 spiro atoms. The summed E-state index contributed by atoms with van der Waals surface area (Å²) in [5.41, 5.74) is 1.92. The Balaban J connectivity index is 1.45. The molecule has 10 heteroatoms. The van der Waals surface area contributed by atoms with Crippen LogP contribution in [0.4, 0.5) is 0 Å². The molecule has 29 heavy (non-hydrogen) atoms. The Morgan fingerprint density at radius 1 is 1.28 bits per heavy atom. The molecule has 0 radical (unpaired) electrons. The predicted octanol–water partition coefficient (Wildman–Crippen LogP) is 1.89. The van der Waals surface area contributed by atoms with E-state index in [-0.39, 0.29) is 22.5 Å². The fourth-order valence-corrected chi connectivity index (χ4v) is 4.53. The van der Waals surface area contributed by atoms with Gasteiger partial charge in [0.15, 0.2) is 9.84 Å². The highest BCUT2D eigenvalue weighted by atomic mass is 32.2. The van der Waals surface area contributed by atoms with E-state index in [1.165, 1.54) is 6.26 Å². The molecule has 9 nitrogen and oxygen atoms in total. The zero-order chi connectivity index (χ0) is 20.6. The van der Waals surface area contributed by atoms with Gasteiger partial charge in [-0.05, 0) is 25.0 Å². The Morgan fingerprint density at radius 2 is 2.03 bits per heavy atom. The largest absolute Gasteiger partial charge is 0.350 e. The molecule has 3 aromatic rings. The Hall–Kier alpha value is -3.01. The zero-order valence-electron chi connectivity index (χ0n) is 16.1. The van der Waals surface area contributed by atoms with Crippen molar-refractivity contribution in [3.8, 4) is 11.3 Å². The van der Waals surface area contributed by atoms with Crippen molar-refractivity contribution in [2.45, 2.75) is 23.7 Å². The molecule has 1 fully saturated rings. The highest BCUT2D eigenvalue weighted by Gasteiger charge is 2.30. The van der Waals surface area contributed by atoms with E-state index in [1.54, 1.807) is 53.4 Å². The molecule has 1 amide bonds. The molecular weight excluding hydrogens is 394 g/mol. The first-order chi connectivity index (χ1) is 13.8. The van der Waals surface area contributed by atoms with Crippen LogP contribution in [0.15, 0.2) is 46.2 Å². The number of sulfone groups is 1. The second-order valence-corrected chi connectivity index (χ2v) is 9.19. The number of hydrogen-bond donors (Lipinski definition) is 0. The summed E-state index contributed by atoms with van der Waals surface area (Å²) in [6.45, 7) is 0.985. The Bertz CT molecular complexity index is 1140. The van der Waals surface area contributed by atoms with Gasteiger partial charge in [-0.15, -0.1) is 0 Å². The monoisotopic (exact) mass is 415 g/mol. The molecule has 0 unspecified atom stereocenters. The van der Waals surface area contributed by atoms with Crippen LogP contribution in [0.2, 0.25) is 0 Å². The quantitative estimate of drug-likeness (QED) is 0.640. The number of carbonyl (C=O) groups is 1. The molecule has 0 bridgehead atoms. The van der Waals surface area contributed by atoms with Gasteiger partial charge in [-0.3, -0.25) is 14.5 Å².